The number of rotatable bonds is 9. The largest absolute Gasteiger partial charge is 0.461 e. The Hall–Kier alpha value is -2.02. The summed E-state index contributed by atoms with van der Waals surface area (Å²) in [5.74, 6) is 4.00. The average molecular weight is 415 g/mol. The summed E-state index contributed by atoms with van der Waals surface area (Å²) in [6.45, 7) is 2.85. The van der Waals surface area contributed by atoms with Gasteiger partial charge in [-0.2, -0.15) is 0 Å². The smallest absolute Gasteiger partial charge is 0.244 e. The molecule has 2 aromatic rings. The second-order valence-electron chi connectivity index (χ2n) is 8.20. The molecule has 2 heterocycles. The van der Waals surface area contributed by atoms with E-state index in [9.17, 15) is 4.79 Å². The van der Waals surface area contributed by atoms with Gasteiger partial charge in [0.2, 0.25) is 5.91 Å². The number of carbonyl (C=O) groups is 1. The number of nitrogens with one attached hydrogen (secondary N) is 1. The van der Waals surface area contributed by atoms with Gasteiger partial charge in [0.05, 0.1) is 0 Å². The van der Waals surface area contributed by atoms with Gasteiger partial charge in [-0.05, 0) is 56.1 Å². The zero-order valence-electron chi connectivity index (χ0n) is 17.3. The van der Waals surface area contributed by atoms with E-state index in [1.807, 2.05) is 12.1 Å². The standard InChI is InChI=1S/C22H30N4O2S/c1-15-14-18(15)19-11-9-17(28-19)10-12-21(27)23-13-5-8-20-24-25-22(29-2)26(20)16-6-3-4-7-16/h9-12,15-16,18H,3-8,13-14H2,1-2H3,(H,23,27)/b12-10+. The van der Waals surface area contributed by atoms with Crippen molar-refractivity contribution in [3.63, 3.8) is 0 Å². The third kappa shape index (κ3) is 4.94. The van der Waals surface area contributed by atoms with Crippen molar-refractivity contribution in [2.45, 2.75) is 69.0 Å². The van der Waals surface area contributed by atoms with Crippen LogP contribution in [0.1, 0.15) is 74.8 Å². The van der Waals surface area contributed by atoms with Crippen molar-refractivity contribution in [3.8, 4) is 0 Å². The van der Waals surface area contributed by atoms with Crippen LogP contribution in [-0.4, -0.2) is 33.5 Å². The molecule has 4 rings (SSSR count). The topological polar surface area (TPSA) is 73.0 Å². The maximum atomic E-state index is 12.1. The highest BCUT2D eigenvalue weighted by Gasteiger charge is 2.36. The van der Waals surface area contributed by atoms with Crippen molar-refractivity contribution in [2.24, 2.45) is 5.92 Å². The SMILES string of the molecule is CSc1nnc(CCCNC(=O)/C=C/c2ccc(C3CC3C)o2)n1C1CCCC1. The molecule has 2 unspecified atom stereocenters. The van der Waals surface area contributed by atoms with Crippen LogP contribution in [0.2, 0.25) is 0 Å². The summed E-state index contributed by atoms with van der Waals surface area (Å²) in [5, 5.41) is 12.7. The van der Waals surface area contributed by atoms with E-state index in [0.29, 0.717) is 24.4 Å². The summed E-state index contributed by atoms with van der Waals surface area (Å²) in [6, 6.07) is 4.50. The van der Waals surface area contributed by atoms with E-state index in [2.05, 4.69) is 33.3 Å². The van der Waals surface area contributed by atoms with Gasteiger partial charge in [-0.25, -0.2) is 0 Å². The minimum absolute atomic E-state index is 0.0928. The minimum Gasteiger partial charge on any atom is -0.461 e. The Morgan fingerprint density at radius 2 is 2.14 bits per heavy atom. The Balaban J connectivity index is 1.23. The van der Waals surface area contributed by atoms with Crippen LogP contribution in [0.15, 0.2) is 27.8 Å². The lowest BCUT2D eigenvalue weighted by atomic mass is 10.2. The molecule has 2 fully saturated rings. The van der Waals surface area contributed by atoms with E-state index in [1.54, 1.807) is 23.9 Å². The van der Waals surface area contributed by atoms with Crippen LogP contribution in [0.3, 0.4) is 0 Å². The van der Waals surface area contributed by atoms with Crippen molar-refractivity contribution in [3.05, 3.63) is 35.6 Å². The van der Waals surface area contributed by atoms with Gasteiger partial charge in [-0.15, -0.1) is 10.2 Å². The van der Waals surface area contributed by atoms with Gasteiger partial charge in [0, 0.05) is 31.0 Å². The molecule has 1 amide bonds. The van der Waals surface area contributed by atoms with E-state index >= 15 is 0 Å². The van der Waals surface area contributed by atoms with Crippen LogP contribution in [0.4, 0.5) is 0 Å². The molecular formula is C22H30N4O2S. The Morgan fingerprint density at radius 3 is 2.86 bits per heavy atom. The predicted molar refractivity (Wildman–Crippen MR) is 115 cm³/mol. The zero-order valence-corrected chi connectivity index (χ0v) is 18.1. The van der Waals surface area contributed by atoms with Gasteiger partial charge in [0.25, 0.3) is 0 Å². The molecule has 0 aliphatic heterocycles. The van der Waals surface area contributed by atoms with Crippen LogP contribution < -0.4 is 5.32 Å². The molecule has 2 atom stereocenters. The molecule has 0 saturated heterocycles. The molecule has 29 heavy (non-hydrogen) atoms. The first-order chi connectivity index (χ1) is 14.2. The second kappa shape index (κ2) is 9.20. The highest BCUT2D eigenvalue weighted by Crippen LogP contribution is 2.47. The fourth-order valence-electron chi connectivity index (χ4n) is 4.20. The van der Waals surface area contributed by atoms with E-state index < -0.39 is 0 Å². The van der Waals surface area contributed by atoms with E-state index in [0.717, 1.165) is 35.3 Å². The lowest BCUT2D eigenvalue weighted by Gasteiger charge is -2.16. The molecule has 6 nitrogen and oxygen atoms in total. The maximum Gasteiger partial charge on any atom is 0.244 e. The molecule has 0 bridgehead atoms. The molecule has 2 saturated carbocycles. The van der Waals surface area contributed by atoms with Crippen molar-refractivity contribution in [1.82, 2.24) is 20.1 Å². The molecule has 2 aromatic heterocycles. The molecule has 7 heteroatoms. The lowest BCUT2D eigenvalue weighted by Crippen LogP contribution is -2.23. The Labute approximate surface area is 176 Å². The summed E-state index contributed by atoms with van der Waals surface area (Å²) in [6.07, 6.45) is 13.2. The van der Waals surface area contributed by atoms with E-state index in [4.69, 9.17) is 4.42 Å². The van der Waals surface area contributed by atoms with Crippen molar-refractivity contribution in [1.29, 1.82) is 0 Å². The highest BCUT2D eigenvalue weighted by atomic mass is 32.2. The summed E-state index contributed by atoms with van der Waals surface area (Å²) < 4.78 is 8.13. The Kier molecular flexibility index (Phi) is 6.43. The number of aryl methyl sites for hydroxylation is 1. The number of amides is 1. The number of furan rings is 1. The zero-order chi connectivity index (χ0) is 20.2. The Morgan fingerprint density at radius 1 is 1.34 bits per heavy atom. The van der Waals surface area contributed by atoms with Gasteiger partial charge in [0.15, 0.2) is 5.16 Å². The number of aromatic nitrogens is 3. The summed E-state index contributed by atoms with van der Waals surface area (Å²) in [5.41, 5.74) is 0. The molecule has 0 aromatic carbocycles. The lowest BCUT2D eigenvalue weighted by molar-refractivity contribution is -0.116. The first-order valence-electron chi connectivity index (χ1n) is 10.7. The molecule has 0 radical (unpaired) electrons. The first-order valence-corrected chi connectivity index (χ1v) is 11.9. The highest BCUT2D eigenvalue weighted by molar-refractivity contribution is 7.98. The van der Waals surface area contributed by atoms with Gasteiger partial charge in [0.1, 0.15) is 17.3 Å². The predicted octanol–water partition coefficient (Wildman–Crippen LogP) is 4.59. The molecule has 156 valence electrons. The van der Waals surface area contributed by atoms with Crippen LogP contribution in [0, 0.1) is 5.92 Å². The van der Waals surface area contributed by atoms with Crippen molar-refractivity contribution < 1.29 is 9.21 Å². The molecular weight excluding hydrogens is 384 g/mol. The van der Waals surface area contributed by atoms with E-state index in [1.165, 1.54) is 32.1 Å². The van der Waals surface area contributed by atoms with Crippen LogP contribution in [0.5, 0.6) is 0 Å². The van der Waals surface area contributed by atoms with Crippen LogP contribution in [0.25, 0.3) is 6.08 Å². The van der Waals surface area contributed by atoms with Crippen molar-refractivity contribution in [2.75, 3.05) is 12.8 Å². The fourth-order valence-corrected chi connectivity index (χ4v) is 4.77. The summed E-state index contributed by atoms with van der Waals surface area (Å²) in [7, 11) is 0. The average Bonchev–Trinajstić information content (AvgIpc) is 3.18. The third-order valence-corrected chi connectivity index (χ3v) is 6.65. The number of thioether (sulfide) groups is 1. The quantitative estimate of drug-likeness (QED) is 0.369. The summed E-state index contributed by atoms with van der Waals surface area (Å²) >= 11 is 1.66. The molecule has 2 aliphatic rings. The summed E-state index contributed by atoms with van der Waals surface area (Å²) in [4.78, 5) is 12.1. The normalized spacial score (nSPS) is 21.9. The Bertz CT molecular complexity index is 866. The maximum absolute atomic E-state index is 12.1. The molecule has 2 aliphatic carbocycles. The number of nitrogens with zero attached hydrogens (tertiary/aromatic N) is 3. The first kappa shape index (κ1) is 20.3. The minimum atomic E-state index is -0.0928. The van der Waals surface area contributed by atoms with Gasteiger partial charge in [-0.3, -0.25) is 4.79 Å². The van der Waals surface area contributed by atoms with Crippen LogP contribution >= 0.6 is 11.8 Å². The monoisotopic (exact) mass is 414 g/mol. The van der Waals surface area contributed by atoms with Gasteiger partial charge < -0.3 is 14.3 Å². The van der Waals surface area contributed by atoms with Gasteiger partial charge >= 0.3 is 0 Å². The number of hydrogen-bond donors (Lipinski definition) is 1. The number of hydrogen-bond acceptors (Lipinski definition) is 5. The van der Waals surface area contributed by atoms with Crippen molar-refractivity contribution >= 4 is 23.7 Å². The molecule has 0 spiro atoms. The number of carbonyl (C=O) groups excluding carboxylic acids is 1. The fraction of sp³-hybridized carbons (Fsp3) is 0.591. The second-order valence-corrected chi connectivity index (χ2v) is 8.97. The van der Waals surface area contributed by atoms with Gasteiger partial charge in [-0.1, -0.05) is 31.5 Å². The van der Waals surface area contributed by atoms with E-state index in [-0.39, 0.29) is 5.91 Å². The third-order valence-electron chi connectivity index (χ3n) is 6.01. The van der Waals surface area contributed by atoms with Crippen LogP contribution in [-0.2, 0) is 11.2 Å². The molecule has 1 N–H and O–H groups in total.